The van der Waals surface area contributed by atoms with Crippen LogP contribution in [0.1, 0.15) is 10.4 Å². The van der Waals surface area contributed by atoms with Crippen molar-refractivity contribution >= 4 is 11.8 Å². The third kappa shape index (κ3) is 3.45. The van der Waals surface area contributed by atoms with Crippen molar-refractivity contribution < 1.29 is 19.8 Å². The number of carboxylic acid groups (broad SMARTS) is 1. The van der Waals surface area contributed by atoms with Crippen LogP contribution in [-0.4, -0.2) is 41.2 Å². The molecule has 0 unspecified atom stereocenters. The number of Topliss-reactive ketones (excluding diaryl/α,β-unsaturated/α-hetero) is 1. The number of aliphatic carboxylic acids is 1. The van der Waals surface area contributed by atoms with Gasteiger partial charge in [-0.15, -0.1) is 0 Å². The molecule has 0 heterocycles. The lowest BCUT2D eigenvalue weighted by Gasteiger charge is -2.10. The van der Waals surface area contributed by atoms with Gasteiger partial charge in [0.1, 0.15) is 6.04 Å². The van der Waals surface area contributed by atoms with Gasteiger partial charge in [-0.25, -0.2) is 0 Å². The number of ketones is 1. The molecule has 1 rings (SSSR count). The number of hydrogen-bond acceptors (Lipinski definition) is 4. The predicted octanol–water partition coefficient (Wildman–Crippen LogP) is -0.0956. The highest BCUT2D eigenvalue weighted by atomic mass is 16.4. The quantitative estimate of drug-likeness (QED) is 0.586. The van der Waals surface area contributed by atoms with Crippen molar-refractivity contribution in [3.63, 3.8) is 0 Å². The summed E-state index contributed by atoms with van der Waals surface area (Å²) in [5, 5.41) is 19.8. The molecule has 0 spiro atoms. The van der Waals surface area contributed by atoms with E-state index in [9.17, 15) is 9.59 Å². The van der Waals surface area contributed by atoms with Crippen LogP contribution >= 0.6 is 0 Å². The molecule has 0 bridgehead atoms. The number of hydrogen-bond donors (Lipinski definition) is 3. The van der Waals surface area contributed by atoms with Crippen molar-refractivity contribution in [1.82, 2.24) is 5.32 Å². The van der Waals surface area contributed by atoms with Crippen LogP contribution in [0.5, 0.6) is 0 Å². The van der Waals surface area contributed by atoms with Crippen LogP contribution in [0.25, 0.3) is 0 Å². The molecule has 0 radical (unpaired) electrons. The zero-order valence-electron chi connectivity index (χ0n) is 8.59. The van der Waals surface area contributed by atoms with E-state index in [1.54, 1.807) is 30.3 Å². The fourth-order valence-corrected chi connectivity index (χ4v) is 1.17. The average Bonchev–Trinajstić information content (AvgIpc) is 2.30. The number of rotatable bonds is 6. The van der Waals surface area contributed by atoms with E-state index in [0.717, 1.165) is 0 Å². The van der Waals surface area contributed by atoms with E-state index in [-0.39, 0.29) is 12.3 Å². The van der Waals surface area contributed by atoms with Crippen LogP contribution < -0.4 is 5.32 Å². The number of carbonyl (C=O) groups is 2. The van der Waals surface area contributed by atoms with Crippen LogP contribution in [0.15, 0.2) is 30.3 Å². The van der Waals surface area contributed by atoms with Gasteiger partial charge in [-0.1, -0.05) is 30.3 Å². The van der Waals surface area contributed by atoms with E-state index < -0.39 is 18.6 Å². The average molecular weight is 223 g/mol. The summed E-state index contributed by atoms with van der Waals surface area (Å²) in [6.45, 7) is -0.654. The molecule has 86 valence electrons. The Morgan fingerprint density at radius 3 is 2.38 bits per heavy atom. The summed E-state index contributed by atoms with van der Waals surface area (Å²) in [6, 6.07) is 7.45. The van der Waals surface area contributed by atoms with Crippen LogP contribution in [0.4, 0.5) is 0 Å². The van der Waals surface area contributed by atoms with Gasteiger partial charge in [0.05, 0.1) is 13.2 Å². The first kappa shape index (κ1) is 12.4. The van der Waals surface area contributed by atoms with E-state index >= 15 is 0 Å². The molecule has 1 aromatic rings. The second kappa shape index (κ2) is 5.99. The first-order valence-corrected chi connectivity index (χ1v) is 4.80. The van der Waals surface area contributed by atoms with E-state index in [1.165, 1.54) is 0 Å². The SMILES string of the molecule is O=C(CN[C@@H](CO)C(=O)O)c1ccccc1. The molecule has 0 fully saturated rings. The van der Waals surface area contributed by atoms with Crippen LogP contribution in [0, 0.1) is 0 Å². The van der Waals surface area contributed by atoms with E-state index in [1.807, 2.05) is 0 Å². The Labute approximate surface area is 92.7 Å². The highest BCUT2D eigenvalue weighted by Crippen LogP contribution is 1.99. The molecule has 0 amide bonds. The fourth-order valence-electron chi connectivity index (χ4n) is 1.17. The molecular formula is C11H13NO4. The molecule has 0 aliphatic carbocycles. The molecule has 0 saturated carbocycles. The number of aliphatic hydroxyl groups excluding tert-OH is 1. The van der Waals surface area contributed by atoms with E-state index in [4.69, 9.17) is 10.2 Å². The molecule has 5 nitrogen and oxygen atoms in total. The van der Waals surface area contributed by atoms with Gasteiger partial charge in [0, 0.05) is 5.56 Å². The Morgan fingerprint density at radius 1 is 1.25 bits per heavy atom. The molecule has 16 heavy (non-hydrogen) atoms. The van der Waals surface area contributed by atoms with Crippen molar-refractivity contribution in [2.75, 3.05) is 13.2 Å². The third-order valence-electron chi connectivity index (χ3n) is 2.09. The summed E-state index contributed by atoms with van der Waals surface area (Å²) in [6.07, 6.45) is 0. The number of carbonyl (C=O) groups excluding carboxylic acids is 1. The summed E-state index contributed by atoms with van der Waals surface area (Å²) >= 11 is 0. The second-order valence-corrected chi connectivity index (χ2v) is 3.24. The molecule has 3 N–H and O–H groups in total. The van der Waals surface area contributed by atoms with Gasteiger partial charge in [0.15, 0.2) is 5.78 Å². The summed E-state index contributed by atoms with van der Waals surface area (Å²) in [5.74, 6) is -1.39. The lowest BCUT2D eigenvalue weighted by molar-refractivity contribution is -0.140. The molecule has 1 aromatic carbocycles. The van der Waals surface area contributed by atoms with Gasteiger partial charge in [0.2, 0.25) is 0 Å². The number of nitrogens with one attached hydrogen (secondary N) is 1. The number of carboxylic acids is 1. The predicted molar refractivity (Wildman–Crippen MR) is 57.3 cm³/mol. The smallest absolute Gasteiger partial charge is 0.323 e. The highest BCUT2D eigenvalue weighted by Gasteiger charge is 2.16. The first-order chi connectivity index (χ1) is 7.65. The van der Waals surface area contributed by atoms with Crippen molar-refractivity contribution in [3.05, 3.63) is 35.9 Å². The van der Waals surface area contributed by atoms with Crippen molar-refractivity contribution in [2.45, 2.75) is 6.04 Å². The topological polar surface area (TPSA) is 86.6 Å². The van der Waals surface area contributed by atoms with Crippen molar-refractivity contribution in [2.24, 2.45) is 0 Å². The zero-order valence-corrected chi connectivity index (χ0v) is 8.59. The Hall–Kier alpha value is -1.72. The maximum atomic E-state index is 11.6. The molecule has 1 atom stereocenters. The van der Waals surface area contributed by atoms with E-state index in [2.05, 4.69) is 5.32 Å². The minimum absolute atomic E-state index is 0.110. The van der Waals surface area contributed by atoms with E-state index in [0.29, 0.717) is 5.56 Å². The lowest BCUT2D eigenvalue weighted by Crippen LogP contribution is -2.42. The molecule has 0 aromatic heterocycles. The third-order valence-corrected chi connectivity index (χ3v) is 2.09. The van der Waals surface area contributed by atoms with Crippen LogP contribution in [0.3, 0.4) is 0 Å². The van der Waals surface area contributed by atoms with Crippen molar-refractivity contribution in [1.29, 1.82) is 0 Å². The van der Waals surface area contributed by atoms with Gasteiger partial charge in [-0.05, 0) is 0 Å². The summed E-state index contributed by atoms with van der Waals surface area (Å²) in [7, 11) is 0. The summed E-state index contributed by atoms with van der Waals surface area (Å²) in [5.41, 5.74) is 0.511. The maximum Gasteiger partial charge on any atom is 0.323 e. The number of aliphatic hydroxyl groups is 1. The molecular weight excluding hydrogens is 210 g/mol. The zero-order chi connectivity index (χ0) is 12.0. The largest absolute Gasteiger partial charge is 0.480 e. The normalized spacial score (nSPS) is 12.1. The second-order valence-electron chi connectivity index (χ2n) is 3.24. The monoisotopic (exact) mass is 223 g/mol. The number of benzene rings is 1. The molecule has 5 heteroatoms. The van der Waals surface area contributed by atoms with Gasteiger partial charge in [0.25, 0.3) is 0 Å². The standard InChI is InChI=1S/C11H13NO4/c13-7-9(11(15)16)12-6-10(14)8-4-2-1-3-5-8/h1-5,9,12-13H,6-7H2,(H,15,16)/t9-/m0/s1. The van der Waals surface area contributed by atoms with Gasteiger partial charge in [-0.3, -0.25) is 14.9 Å². The van der Waals surface area contributed by atoms with Crippen LogP contribution in [0.2, 0.25) is 0 Å². The summed E-state index contributed by atoms with van der Waals surface area (Å²) < 4.78 is 0. The lowest BCUT2D eigenvalue weighted by atomic mass is 10.1. The van der Waals surface area contributed by atoms with Crippen LogP contribution in [-0.2, 0) is 4.79 Å². The summed E-state index contributed by atoms with van der Waals surface area (Å²) in [4.78, 5) is 22.1. The molecule has 0 aliphatic heterocycles. The minimum atomic E-state index is -1.18. The van der Waals surface area contributed by atoms with Crippen molar-refractivity contribution in [3.8, 4) is 0 Å². The minimum Gasteiger partial charge on any atom is -0.480 e. The van der Waals surface area contributed by atoms with Gasteiger partial charge in [-0.2, -0.15) is 0 Å². The molecule has 0 saturated heterocycles. The Balaban J connectivity index is 2.50. The van der Waals surface area contributed by atoms with Gasteiger partial charge >= 0.3 is 5.97 Å². The van der Waals surface area contributed by atoms with Gasteiger partial charge < -0.3 is 10.2 Å². The Morgan fingerprint density at radius 2 is 1.88 bits per heavy atom. The highest BCUT2D eigenvalue weighted by molar-refractivity contribution is 5.97. The Bertz CT molecular complexity index is 364. The molecule has 0 aliphatic rings. The Kier molecular flexibility index (Phi) is 4.63. The fraction of sp³-hybridized carbons (Fsp3) is 0.273. The maximum absolute atomic E-state index is 11.6. The first-order valence-electron chi connectivity index (χ1n) is 4.80.